The molecule has 0 aliphatic rings. The Labute approximate surface area is 119 Å². The molecule has 1 rings (SSSR count). The predicted molar refractivity (Wildman–Crippen MR) is 77.5 cm³/mol. The van der Waals surface area contributed by atoms with Gasteiger partial charge in [-0.1, -0.05) is 6.07 Å². The van der Waals surface area contributed by atoms with Crippen LogP contribution in [0.5, 0.6) is 0 Å². The quantitative estimate of drug-likeness (QED) is 0.772. The Bertz CT molecular complexity index is 557. The van der Waals surface area contributed by atoms with Gasteiger partial charge >= 0.3 is 0 Å². The summed E-state index contributed by atoms with van der Waals surface area (Å²) in [7, 11) is -1.68. The van der Waals surface area contributed by atoms with Crippen LogP contribution in [0.1, 0.15) is 6.92 Å². The lowest BCUT2D eigenvalue weighted by molar-refractivity contribution is -0.120. The number of methoxy groups -OCH3 is 1. The van der Waals surface area contributed by atoms with E-state index in [1.807, 2.05) is 6.92 Å². The molecule has 7 heteroatoms. The van der Waals surface area contributed by atoms with Gasteiger partial charge in [0.2, 0.25) is 5.91 Å². The molecule has 0 radical (unpaired) electrons. The third-order valence-electron chi connectivity index (χ3n) is 2.54. The summed E-state index contributed by atoms with van der Waals surface area (Å²) in [6.45, 7) is 2.35. The summed E-state index contributed by atoms with van der Waals surface area (Å²) >= 11 is 0. The lowest BCUT2D eigenvalue weighted by atomic mass is 10.3. The zero-order chi connectivity index (χ0) is 15.2. The number of benzene rings is 1. The smallest absolute Gasteiger partial charge is 0.239 e. The van der Waals surface area contributed by atoms with Crippen LogP contribution < -0.4 is 10.6 Å². The number of amides is 1. The van der Waals surface area contributed by atoms with E-state index in [-0.39, 0.29) is 23.4 Å². The van der Waals surface area contributed by atoms with Gasteiger partial charge in [0.25, 0.3) is 0 Å². The molecule has 0 aromatic heterocycles. The van der Waals surface area contributed by atoms with Gasteiger partial charge in [-0.05, 0) is 25.1 Å². The van der Waals surface area contributed by atoms with Gasteiger partial charge in [-0.25, -0.2) is 8.42 Å². The third kappa shape index (κ3) is 5.58. The molecule has 0 bridgehead atoms. The van der Waals surface area contributed by atoms with E-state index < -0.39 is 9.84 Å². The maximum Gasteiger partial charge on any atom is 0.239 e. The van der Waals surface area contributed by atoms with Crippen LogP contribution in [-0.2, 0) is 19.4 Å². The van der Waals surface area contributed by atoms with Gasteiger partial charge in [-0.3, -0.25) is 4.79 Å². The van der Waals surface area contributed by atoms with Crippen LogP contribution in [0.2, 0.25) is 0 Å². The van der Waals surface area contributed by atoms with E-state index in [4.69, 9.17) is 4.74 Å². The van der Waals surface area contributed by atoms with Crippen molar-refractivity contribution in [3.8, 4) is 0 Å². The molecule has 0 heterocycles. The van der Waals surface area contributed by atoms with E-state index in [9.17, 15) is 13.2 Å². The first-order chi connectivity index (χ1) is 9.32. The van der Waals surface area contributed by atoms with Crippen LogP contribution in [0.15, 0.2) is 29.2 Å². The van der Waals surface area contributed by atoms with Gasteiger partial charge < -0.3 is 15.4 Å². The molecule has 20 heavy (non-hydrogen) atoms. The van der Waals surface area contributed by atoms with Crippen LogP contribution in [0, 0.1) is 0 Å². The van der Waals surface area contributed by atoms with E-state index >= 15 is 0 Å². The van der Waals surface area contributed by atoms with Crippen molar-refractivity contribution in [2.24, 2.45) is 0 Å². The molecule has 0 aliphatic heterocycles. The highest BCUT2D eigenvalue weighted by molar-refractivity contribution is 7.90. The molecular formula is C13H20N2O4S. The predicted octanol–water partition coefficient (Wildman–Crippen LogP) is 0.653. The number of nitrogens with one attached hydrogen (secondary N) is 2. The summed E-state index contributed by atoms with van der Waals surface area (Å²) in [5, 5.41) is 5.64. The van der Waals surface area contributed by atoms with Gasteiger partial charge in [-0.15, -0.1) is 0 Å². The molecule has 2 N–H and O–H groups in total. The minimum absolute atomic E-state index is 0.0707. The highest BCUT2D eigenvalue weighted by atomic mass is 32.2. The van der Waals surface area contributed by atoms with Crippen molar-refractivity contribution in [3.05, 3.63) is 24.3 Å². The van der Waals surface area contributed by atoms with Gasteiger partial charge in [0.1, 0.15) is 0 Å². The molecule has 1 aromatic carbocycles. The summed E-state index contributed by atoms with van der Waals surface area (Å²) in [6.07, 6.45) is 1.14. The Balaban J connectivity index is 2.56. The Morgan fingerprint density at radius 3 is 2.70 bits per heavy atom. The fourth-order valence-electron chi connectivity index (χ4n) is 1.64. The molecule has 6 nitrogen and oxygen atoms in total. The maximum atomic E-state index is 11.6. The molecule has 0 aliphatic carbocycles. The average Bonchev–Trinajstić information content (AvgIpc) is 2.36. The number of sulfone groups is 1. The van der Waals surface area contributed by atoms with Crippen molar-refractivity contribution < 1.29 is 17.9 Å². The maximum absolute atomic E-state index is 11.6. The largest absolute Gasteiger partial charge is 0.383 e. The standard InChI is InChI=1S/C13H20N2O4S/c1-10(9-19-2)15-13(16)8-14-11-5-4-6-12(7-11)20(3,17)18/h4-7,10,14H,8-9H2,1-3H3,(H,15,16)/t10-/m0/s1. The normalized spacial score (nSPS) is 12.8. The van der Waals surface area contributed by atoms with Gasteiger partial charge in [-0.2, -0.15) is 0 Å². The number of carbonyl (C=O) groups excluding carboxylic acids is 1. The zero-order valence-electron chi connectivity index (χ0n) is 11.8. The Morgan fingerprint density at radius 2 is 2.10 bits per heavy atom. The molecule has 1 atom stereocenters. The second-order valence-corrected chi connectivity index (χ2v) is 6.59. The van der Waals surface area contributed by atoms with Crippen molar-refractivity contribution in [2.45, 2.75) is 17.9 Å². The lowest BCUT2D eigenvalue weighted by Gasteiger charge is -2.13. The molecule has 0 saturated carbocycles. The fourth-order valence-corrected chi connectivity index (χ4v) is 2.30. The number of ether oxygens (including phenoxy) is 1. The first-order valence-electron chi connectivity index (χ1n) is 6.15. The fraction of sp³-hybridized carbons (Fsp3) is 0.462. The highest BCUT2D eigenvalue weighted by Crippen LogP contribution is 2.14. The van der Waals surface area contributed by atoms with Crippen molar-refractivity contribution in [3.63, 3.8) is 0 Å². The number of anilines is 1. The number of hydrogen-bond donors (Lipinski definition) is 2. The van der Waals surface area contributed by atoms with Gasteiger partial charge in [0.15, 0.2) is 9.84 Å². The summed E-state index contributed by atoms with van der Waals surface area (Å²) in [4.78, 5) is 11.9. The molecule has 0 fully saturated rings. The summed E-state index contributed by atoms with van der Waals surface area (Å²) in [5.41, 5.74) is 0.586. The number of carbonyl (C=O) groups is 1. The minimum Gasteiger partial charge on any atom is -0.383 e. The van der Waals surface area contributed by atoms with Gasteiger partial charge in [0.05, 0.1) is 18.0 Å². The van der Waals surface area contributed by atoms with Crippen molar-refractivity contribution >= 4 is 21.4 Å². The van der Waals surface area contributed by atoms with E-state index in [0.717, 1.165) is 6.26 Å². The molecule has 0 spiro atoms. The molecule has 1 aromatic rings. The molecular weight excluding hydrogens is 280 g/mol. The third-order valence-corrected chi connectivity index (χ3v) is 3.65. The monoisotopic (exact) mass is 300 g/mol. The Hall–Kier alpha value is -1.60. The first kappa shape index (κ1) is 16.5. The average molecular weight is 300 g/mol. The van der Waals surface area contributed by atoms with Crippen LogP contribution in [0.25, 0.3) is 0 Å². The number of rotatable bonds is 7. The second-order valence-electron chi connectivity index (χ2n) is 4.58. The summed E-state index contributed by atoms with van der Waals surface area (Å²) in [6, 6.07) is 6.28. The molecule has 0 unspecified atom stereocenters. The van der Waals surface area contributed by atoms with Crippen LogP contribution in [0.3, 0.4) is 0 Å². The Kier molecular flexibility index (Phi) is 5.97. The lowest BCUT2D eigenvalue weighted by Crippen LogP contribution is -2.39. The molecule has 112 valence electrons. The van der Waals surface area contributed by atoms with Crippen LogP contribution in [-0.4, -0.2) is 46.9 Å². The number of hydrogen-bond acceptors (Lipinski definition) is 5. The summed E-state index contributed by atoms with van der Waals surface area (Å²) in [5.74, 6) is -0.181. The second kappa shape index (κ2) is 7.25. The highest BCUT2D eigenvalue weighted by Gasteiger charge is 2.09. The SMILES string of the molecule is COC[C@H](C)NC(=O)CNc1cccc(S(C)(=O)=O)c1. The first-order valence-corrected chi connectivity index (χ1v) is 8.04. The van der Waals surface area contributed by atoms with Crippen molar-refractivity contribution in [1.82, 2.24) is 5.32 Å². The van der Waals surface area contributed by atoms with E-state index in [0.29, 0.717) is 12.3 Å². The zero-order valence-corrected chi connectivity index (χ0v) is 12.7. The topological polar surface area (TPSA) is 84.5 Å². The summed E-state index contributed by atoms with van der Waals surface area (Å²) < 4.78 is 27.8. The minimum atomic E-state index is -3.25. The van der Waals surface area contributed by atoms with Crippen molar-refractivity contribution in [2.75, 3.05) is 31.8 Å². The van der Waals surface area contributed by atoms with E-state index in [1.54, 1.807) is 19.2 Å². The van der Waals surface area contributed by atoms with Crippen molar-refractivity contribution in [1.29, 1.82) is 0 Å². The van der Waals surface area contributed by atoms with Gasteiger partial charge in [0, 0.05) is 25.1 Å². The van der Waals surface area contributed by atoms with E-state index in [1.165, 1.54) is 12.1 Å². The molecule has 1 amide bonds. The van der Waals surface area contributed by atoms with E-state index in [2.05, 4.69) is 10.6 Å². The van der Waals surface area contributed by atoms with Crippen LogP contribution in [0.4, 0.5) is 5.69 Å². The van der Waals surface area contributed by atoms with Crippen LogP contribution >= 0.6 is 0 Å². The Morgan fingerprint density at radius 1 is 1.40 bits per heavy atom. The molecule has 0 saturated heterocycles.